The average Bonchev–Trinajstić information content (AvgIpc) is 2.51. The van der Waals surface area contributed by atoms with Crippen LogP contribution in [0.25, 0.3) is 0 Å². The maximum atomic E-state index is 13.1. The Bertz CT molecular complexity index is 732. The van der Waals surface area contributed by atoms with Crippen LogP contribution in [0.4, 0.5) is 4.39 Å². The Morgan fingerprint density at radius 3 is 2.84 bits per heavy atom. The molecule has 0 aromatic heterocycles. The highest BCUT2D eigenvalue weighted by Crippen LogP contribution is 2.31. The minimum atomic E-state index is -3.96. The third-order valence-corrected chi connectivity index (χ3v) is 4.46. The van der Waals surface area contributed by atoms with Crippen LogP contribution in [0.15, 0.2) is 34.7 Å². The molecule has 1 heterocycles. The van der Waals surface area contributed by atoms with Crippen molar-refractivity contribution in [3.63, 3.8) is 0 Å². The molecule has 0 radical (unpaired) electrons. The number of carbonyl (C=O) groups is 1. The summed E-state index contributed by atoms with van der Waals surface area (Å²) in [7, 11) is -3.96. The fraction of sp³-hybridized carbons (Fsp3) is 0.167. The van der Waals surface area contributed by atoms with Crippen LogP contribution in [0, 0.1) is 17.1 Å². The molecule has 0 bridgehead atoms. The summed E-state index contributed by atoms with van der Waals surface area (Å²) in [6.07, 6.45) is 1.16. The summed E-state index contributed by atoms with van der Waals surface area (Å²) in [4.78, 5) is 11.8. The van der Waals surface area contributed by atoms with Crippen molar-refractivity contribution < 1.29 is 17.6 Å². The molecule has 0 aliphatic carbocycles. The van der Waals surface area contributed by atoms with Gasteiger partial charge in [-0.05, 0) is 30.7 Å². The predicted octanol–water partition coefficient (Wildman–Crippen LogP) is 1.44. The van der Waals surface area contributed by atoms with E-state index in [1.807, 2.05) is 0 Å². The summed E-state index contributed by atoms with van der Waals surface area (Å²) in [5.41, 5.74) is 0.248. The van der Waals surface area contributed by atoms with Gasteiger partial charge in [-0.25, -0.2) is 17.1 Å². The molecule has 2 rings (SSSR count). The quantitative estimate of drug-likeness (QED) is 0.768. The number of amides is 1. The topological polar surface area (TPSA) is 78.2 Å². The maximum Gasteiger partial charge on any atom is 0.269 e. The molecular weight excluding hydrogens is 271 g/mol. The van der Waals surface area contributed by atoms with Crippen LogP contribution in [-0.2, 0) is 10.0 Å². The van der Waals surface area contributed by atoms with Crippen LogP contribution in [0.3, 0.4) is 0 Å². The van der Waals surface area contributed by atoms with E-state index in [0.29, 0.717) is 9.88 Å². The van der Waals surface area contributed by atoms with Crippen molar-refractivity contribution in [3.8, 4) is 6.07 Å². The van der Waals surface area contributed by atoms with Gasteiger partial charge < -0.3 is 0 Å². The number of benzene rings is 1. The van der Waals surface area contributed by atoms with Gasteiger partial charge in [-0.1, -0.05) is 0 Å². The first-order valence-electron chi connectivity index (χ1n) is 5.30. The molecule has 1 amide bonds. The zero-order valence-corrected chi connectivity index (χ0v) is 10.7. The molecule has 0 fully saturated rings. The van der Waals surface area contributed by atoms with Crippen molar-refractivity contribution in [2.45, 2.75) is 11.8 Å². The number of halogens is 1. The van der Waals surface area contributed by atoms with E-state index in [1.165, 1.54) is 6.92 Å². The molecule has 1 aliphatic rings. The van der Waals surface area contributed by atoms with E-state index in [2.05, 4.69) is 0 Å². The summed E-state index contributed by atoms with van der Waals surface area (Å²) < 4.78 is 38.0. The molecule has 5 nitrogen and oxygen atoms in total. The van der Waals surface area contributed by atoms with Crippen LogP contribution in [0.5, 0.6) is 0 Å². The summed E-state index contributed by atoms with van der Waals surface area (Å²) in [5.74, 6) is -1.45. The molecule has 1 aromatic rings. The Kier molecular flexibility index (Phi) is 3.12. The maximum absolute atomic E-state index is 13.1. The van der Waals surface area contributed by atoms with E-state index in [-0.39, 0.29) is 17.0 Å². The average molecular weight is 280 g/mol. The number of nitriles is 1. The fourth-order valence-electron chi connectivity index (χ4n) is 1.80. The lowest BCUT2D eigenvalue weighted by Gasteiger charge is -2.14. The van der Waals surface area contributed by atoms with Gasteiger partial charge in [-0.3, -0.25) is 4.79 Å². The number of carbonyl (C=O) groups excluding carboxylic acids is 1. The van der Waals surface area contributed by atoms with E-state index in [9.17, 15) is 17.6 Å². The first kappa shape index (κ1) is 13.2. The van der Waals surface area contributed by atoms with Crippen LogP contribution < -0.4 is 0 Å². The van der Waals surface area contributed by atoms with E-state index >= 15 is 0 Å². The number of rotatable bonds is 2. The highest BCUT2D eigenvalue weighted by Gasteiger charge is 2.41. The summed E-state index contributed by atoms with van der Waals surface area (Å²) in [6.45, 7) is 1.32. The smallest absolute Gasteiger partial charge is 0.268 e. The van der Waals surface area contributed by atoms with E-state index in [4.69, 9.17) is 5.26 Å². The fourth-order valence-corrected chi connectivity index (χ4v) is 3.39. The van der Waals surface area contributed by atoms with Crippen LogP contribution in [-0.4, -0.2) is 25.2 Å². The molecule has 0 N–H and O–H groups in total. The van der Waals surface area contributed by atoms with Crippen molar-refractivity contribution in [1.29, 1.82) is 5.26 Å². The summed E-state index contributed by atoms with van der Waals surface area (Å²) in [5, 5.41) is 8.49. The van der Waals surface area contributed by atoms with Crippen molar-refractivity contribution in [2.24, 2.45) is 0 Å². The molecule has 0 spiro atoms. The lowest BCUT2D eigenvalue weighted by molar-refractivity contribution is 0.0878. The van der Waals surface area contributed by atoms with Crippen molar-refractivity contribution >= 4 is 15.9 Å². The predicted molar refractivity (Wildman–Crippen MR) is 64.0 cm³/mol. The Labute approximate surface area is 109 Å². The Morgan fingerprint density at radius 2 is 2.21 bits per heavy atom. The molecule has 0 unspecified atom stereocenters. The van der Waals surface area contributed by atoms with E-state index in [0.717, 1.165) is 24.3 Å². The van der Waals surface area contributed by atoms with Gasteiger partial charge >= 0.3 is 0 Å². The SMILES string of the molecule is C/C(=C\C#N)CN1C(=O)c2cc(F)ccc2S1(=O)=O. The molecule has 1 aliphatic heterocycles. The lowest BCUT2D eigenvalue weighted by Crippen LogP contribution is -2.31. The molecular formula is C12H9FN2O3S. The number of hydrogen-bond acceptors (Lipinski definition) is 4. The largest absolute Gasteiger partial charge is 0.269 e. The van der Waals surface area contributed by atoms with Gasteiger partial charge in [0, 0.05) is 6.08 Å². The third kappa shape index (κ3) is 2.11. The van der Waals surface area contributed by atoms with Crippen LogP contribution in [0.1, 0.15) is 17.3 Å². The number of fused-ring (bicyclic) bond motifs is 1. The second-order valence-corrected chi connectivity index (χ2v) is 5.91. The zero-order chi connectivity index (χ0) is 14.2. The monoisotopic (exact) mass is 280 g/mol. The van der Waals surface area contributed by atoms with Gasteiger partial charge in [0.15, 0.2) is 0 Å². The zero-order valence-electron chi connectivity index (χ0n) is 9.92. The number of hydrogen-bond donors (Lipinski definition) is 0. The van der Waals surface area contributed by atoms with Crippen molar-refractivity contribution in [1.82, 2.24) is 4.31 Å². The minimum absolute atomic E-state index is 0.176. The second-order valence-electron chi connectivity index (χ2n) is 4.08. The lowest BCUT2D eigenvalue weighted by atomic mass is 10.2. The van der Waals surface area contributed by atoms with E-state index in [1.54, 1.807) is 6.07 Å². The third-order valence-electron chi connectivity index (χ3n) is 2.67. The van der Waals surface area contributed by atoms with E-state index < -0.39 is 21.7 Å². The van der Waals surface area contributed by atoms with Gasteiger partial charge in [0.05, 0.1) is 18.2 Å². The van der Waals surface area contributed by atoms with Crippen molar-refractivity contribution in [2.75, 3.05) is 6.54 Å². The molecule has 0 atom stereocenters. The van der Waals surface area contributed by atoms with Gasteiger partial charge in [0.2, 0.25) is 0 Å². The molecule has 19 heavy (non-hydrogen) atoms. The number of allylic oxidation sites excluding steroid dienone is 1. The molecule has 98 valence electrons. The van der Waals surface area contributed by atoms with Gasteiger partial charge in [0.1, 0.15) is 10.7 Å². The van der Waals surface area contributed by atoms with Gasteiger partial charge in [0.25, 0.3) is 15.9 Å². The van der Waals surface area contributed by atoms with Crippen LogP contribution >= 0.6 is 0 Å². The standard InChI is InChI=1S/C12H9FN2O3S/c1-8(4-5-14)7-15-12(16)10-6-9(13)2-3-11(10)19(15,17)18/h2-4,6H,7H2,1H3/b8-4+. The van der Waals surface area contributed by atoms with Crippen molar-refractivity contribution in [3.05, 3.63) is 41.2 Å². The Morgan fingerprint density at radius 1 is 1.53 bits per heavy atom. The van der Waals surface area contributed by atoms with Gasteiger partial charge in [-0.15, -0.1) is 0 Å². The van der Waals surface area contributed by atoms with Gasteiger partial charge in [-0.2, -0.15) is 5.26 Å². The number of nitrogens with zero attached hydrogens (tertiary/aromatic N) is 2. The highest BCUT2D eigenvalue weighted by molar-refractivity contribution is 7.90. The summed E-state index contributed by atoms with van der Waals surface area (Å²) >= 11 is 0. The Hall–Kier alpha value is -2.20. The Balaban J connectivity index is 2.50. The van der Waals surface area contributed by atoms with Crippen LogP contribution in [0.2, 0.25) is 0 Å². The normalized spacial score (nSPS) is 17.2. The first-order valence-corrected chi connectivity index (χ1v) is 6.74. The number of sulfonamides is 1. The summed E-state index contributed by atoms with van der Waals surface area (Å²) in [6, 6.07) is 4.72. The molecule has 0 saturated heterocycles. The molecule has 7 heteroatoms. The first-order chi connectivity index (χ1) is 8.87. The highest BCUT2D eigenvalue weighted by atomic mass is 32.2. The molecule has 0 saturated carbocycles. The second kappa shape index (κ2) is 4.48. The molecule has 1 aromatic carbocycles. The minimum Gasteiger partial charge on any atom is -0.268 e.